The molecule has 1 fully saturated rings. The van der Waals surface area contributed by atoms with Crippen LogP contribution in [-0.2, 0) is 4.79 Å². The van der Waals surface area contributed by atoms with Gasteiger partial charge in [-0.2, -0.15) is 13.2 Å². The monoisotopic (exact) mass is 182 g/mol. The Labute approximate surface area is 66.9 Å². The van der Waals surface area contributed by atoms with Crippen molar-refractivity contribution in [2.24, 2.45) is 23.3 Å². The average molecular weight is 182 g/mol. The molecule has 0 aromatic heterocycles. The quantitative estimate of drug-likeness (QED) is 0.599. The summed E-state index contributed by atoms with van der Waals surface area (Å²) < 4.78 is 36.2. The first kappa shape index (κ1) is 9.31. The average Bonchev–Trinajstić information content (AvgIpc) is 2.35. The van der Waals surface area contributed by atoms with Crippen molar-refractivity contribution in [2.75, 3.05) is 0 Å². The fourth-order valence-corrected chi connectivity index (χ4v) is 1.52. The lowest BCUT2D eigenvalue weighted by Gasteiger charge is -2.08. The summed E-state index contributed by atoms with van der Waals surface area (Å²) in [4.78, 5) is 10.5. The lowest BCUT2D eigenvalue weighted by atomic mass is 10.2. The lowest BCUT2D eigenvalue weighted by Crippen LogP contribution is -2.44. The maximum absolute atomic E-state index is 12.1. The van der Waals surface area contributed by atoms with Gasteiger partial charge in [-0.05, 0) is 5.92 Å². The van der Waals surface area contributed by atoms with Crippen LogP contribution in [-0.4, -0.2) is 17.6 Å². The van der Waals surface area contributed by atoms with E-state index in [-0.39, 0.29) is 0 Å². The maximum atomic E-state index is 12.1. The van der Waals surface area contributed by atoms with E-state index < -0.39 is 29.5 Å². The van der Waals surface area contributed by atoms with Gasteiger partial charge in [-0.15, -0.1) is 0 Å². The molecule has 1 aliphatic carbocycles. The van der Waals surface area contributed by atoms with E-state index in [1.165, 1.54) is 6.92 Å². The first-order chi connectivity index (χ1) is 5.22. The molecule has 0 unspecified atom stereocenters. The van der Waals surface area contributed by atoms with Crippen molar-refractivity contribution in [1.82, 2.24) is 0 Å². The summed E-state index contributed by atoms with van der Waals surface area (Å²) in [7, 11) is 0. The summed E-state index contributed by atoms with van der Waals surface area (Å²) in [5, 5.41) is 0. The van der Waals surface area contributed by atoms with E-state index in [9.17, 15) is 18.0 Å². The Morgan fingerprint density at radius 3 is 2.00 bits per heavy atom. The van der Waals surface area contributed by atoms with Crippen LogP contribution in [0.15, 0.2) is 0 Å². The van der Waals surface area contributed by atoms with E-state index in [0.717, 1.165) is 0 Å². The normalized spacial score (nSPS) is 41.1. The molecule has 0 aliphatic heterocycles. The third-order valence-corrected chi connectivity index (χ3v) is 2.44. The van der Waals surface area contributed by atoms with E-state index >= 15 is 0 Å². The molecule has 0 aromatic rings. The van der Waals surface area contributed by atoms with Crippen molar-refractivity contribution < 1.29 is 18.0 Å². The summed E-state index contributed by atoms with van der Waals surface area (Å²) in [5.41, 5.74) is 8.04. The Kier molecular flexibility index (Phi) is 1.65. The number of amides is 1. The van der Waals surface area contributed by atoms with Gasteiger partial charge in [0, 0.05) is 0 Å². The molecule has 1 amide bonds. The number of alkyl halides is 3. The summed E-state index contributed by atoms with van der Waals surface area (Å²) in [5.74, 6) is -3.77. The Balaban J connectivity index is 2.84. The zero-order valence-electron chi connectivity index (χ0n) is 6.35. The third-order valence-electron chi connectivity index (χ3n) is 2.44. The van der Waals surface area contributed by atoms with Crippen LogP contribution in [0.4, 0.5) is 13.2 Å². The summed E-state index contributed by atoms with van der Waals surface area (Å²) in [6, 6.07) is 0. The topological polar surface area (TPSA) is 69.1 Å². The molecular formula is C6H9F3N2O. The molecule has 3 atom stereocenters. The molecule has 1 rings (SSSR count). The minimum Gasteiger partial charge on any atom is -0.368 e. The van der Waals surface area contributed by atoms with E-state index in [4.69, 9.17) is 11.5 Å². The molecule has 0 bridgehead atoms. The van der Waals surface area contributed by atoms with E-state index in [2.05, 4.69) is 0 Å². The van der Waals surface area contributed by atoms with Gasteiger partial charge in [0.05, 0.1) is 5.92 Å². The zero-order valence-corrected chi connectivity index (χ0v) is 6.35. The Morgan fingerprint density at radius 2 is 1.92 bits per heavy atom. The number of carbonyl (C=O) groups excluding carboxylic acids is 1. The van der Waals surface area contributed by atoms with E-state index in [1.807, 2.05) is 0 Å². The second kappa shape index (κ2) is 2.12. The minimum absolute atomic E-state index is 0.907. The molecule has 3 nitrogen and oxygen atoms in total. The zero-order chi connectivity index (χ0) is 9.73. The maximum Gasteiger partial charge on any atom is 0.394 e. The molecule has 0 radical (unpaired) electrons. The van der Waals surface area contributed by atoms with Crippen molar-refractivity contribution in [3.05, 3.63) is 0 Å². The van der Waals surface area contributed by atoms with Crippen molar-refractivity contribution >= 4 is 5.91 Å². The molecule has 0 saturated heterocycles. The van der Waals surface area contributed by atoms with Crippen LogP contribution in [0.25, 0.3) is 0 Å². The first-order valence-electron chi connectivity index (χ1n) is 3.38. The summed E-state index contributed by atoms with van der Waals surface area (Å²) in [6.07, 6.45) is -4.43. The summed E-state index contributed by atoms with van der Waals surface area (Å²) in [6.45, 7) is 1.27. The standard InChI is InChI=1S/C6H9F3N2O/c1-2-3(6(7,8)9)5(2,11)4(10)12/h2-3H,11H2,1H3,(H2,10,12)/t2-,3-,5-/m1/s1. The number of rotatable bonds is 1. The highest BCUT2D eigenvalue weighted by atomic mass is 19.4. The predicted molar refractivity (Wildman–Crippen MR) is 34.8 cm³/mol. The Bertz CT molecular complexity index is 227. The van der Waals surface area contributed by atoms with Gasteiger partial charge in [-0.3, -0.25) is 4.79 Å². The molecule has 12 heavy (non-hydrogen) atoms. The smallest absolute Gasteiger partial charge is 0.368 e. The van der Waals surface area contributed by atoms with Crippen LogP contribution in [0.5, 0.6) is 0 Å². The number of carbonyl (C=O) groups is 1. The van der Waals surface area contributed by atoms with Gasteiger partial charge in [-0.1, -0.05) is 6.92 Å². The highest BCUT2D eigenvalue weighted by Gasteiger charge is 2.74. The fourth-order valence-electron chi connectivity index (χ4n) is 1.52. The van der Waals surface area contributed by atoms with Gasteiger partial charge in [-0.25, -0.2) is 0 Å². The second-order valence-electron chi connectivity index (χ2n) is 3.11. The molecule has 1 aliphatic rings. The fraction of sp³-hybridized carbons (Fsp3) is 0.833. The third kappa shape index (κ3) is 0.979. The van der Waals surface area contributed by atoms with Gasteiger partial charge in [0.15, 0.2) is 0 Å². The molecule has 6 heteroatoms. The number of hydrogen-bond acceptors (Lipinski definition) is 2. The molecule has 0 heterocycles. The number of primary amides is 1. The number of nitrogens with two attached hydrogens (primary N) is 2. The highest BCUT2D eigenvalue weighted by Crippen LogP contribution is 2.56. The van der Waals surface area contributed by atoms with Gasteiger partial charge >= 0.3 is 6.18 Å². The van der Waals surface area contributed by atoms with Crippen molar-refractivity contribution in [2.45, 2.75) is 18.6 Å². The van der Waals surface area contributed by atoms with Gasteiger partial charge in [0.25, 0.3) is 0 Å². The minimum atomic E-state index is -4.43. The van der Waals surface area contributed by atoms with Crippen LogP contribution >= 0.6 is 0 Å². The van der Waals surface area contributed by atoms with Gasteiger partial charge in [0.1, 0.15) is 5.54 Å². The number of halogens is 3. The molecule has 0 spiro atoms. The van der Waals surface area contributed by atoms with Crippen LogP contribution in [0.2, 0.25) is 0 Å². The Morgan fingerprint density at radius 1 is 1.50 bits per heavy atom. The largest absolute Gasteiger partial charge is 0.394 e. The highest BCUT2D eigenvalue weighted by molar-refractivity contribution is 5.89. The van der Waals surface area contributed by atoms with Crippen molar-refractivity contribution in [1.29, 1.82) is 0 Å². The predicted octanol–water partition coefficient (Wildman–Crippen LogP) is -0.00260. The van der Waals surface area contributed by atoms with Gasteiger partial charge in [0.2, 0.25) is 5.91 Å². The Hall–Kier alpha value is -0.780. The SMILES string of the molecule is C[C@@H]1[C@@H](C(F)(F)F)[C@@]1(N)C(N)=O. The van der Waals surface area contributed by atoms with Crippen molar-refractivity contribution in [3.63, 3.8) is 0 Å². The van der Waals surface area contributed by atoms with Crippen LogP contribution in [0.1, 0.15) is 6.92 Å². The van der Waals surface area contributed by atoms with E-state index in [1.54, 1.807) is 0 Å². The molecule has 0 aromatic carbocycles. The molecule has 1 saturated carbocycles. The van der Waals surface area contributed by atoms with Crippen molar-refractivity contribution in [3.8, 4) is 0 Å². The van der Waals surface area contributed by atoms with Crippen LogP contribution < -0.4 is 11.5 Å². The molecular weight excluding hydrogens is 173 g/mol. The summed E-state index contributed by atoms with van der Waals surface area (Å²) >= 11 is 0. The lowest BCUT2D eigenvalue weighted by molar-refractivity contribution is -0.157. The van der Waals surface area contributed by atoms with Crippen LogP contribution in [0, 0.1) is 11.8 Å². The molecule has 70 valence electrons. The van der Waals surface area contributed by atoms with Crippen LogP contribution in [0.3, 0.4) is 0 Å². The first-order valence-corrected chi connectivity index (χ1v) is 3.38. The molecule has 4 N–H and O–H groups in total. The van der Waals surface area contributed by atoms with Gasteiger partial charge < -0.3 is 11.5 Å². The second-order valence-corrected chi connectivity index (χ2v) is 3.11. The number of hydrogen-bond donors (Lipinski definition) is 2. The van der Waals surface area contributed by atoms with E-state index in [0.29, 0.717) is 0 Å².